The second kappa shape index (κ2) is 5.20. The minimum absolute atomic E-state index is 0.105. The third-order valence-electron chi connectivity index (χ3n) is 3.57. The molecule has 21 heavy (non-hydrogen) atoms. The monoisotopic (exact) mass is 287 g/mol. The fourth-order valence-electron chi connectivity index (χ4n) is 2.45. The van der Waals surface area contributed by atoms with Gasteiger partial charge in [-0.25, -0.2) is 9.78 Å². The number of pyridine rings is 1. The van der Waals surface area contributed by atoms with E-state index in [9.17, 15) is 9.90 Å². The molecule has 0 saturated carbocycles. The SMILES string of the molecule is CC(C)n1cc(Oc2nc3c(cc2C(=O)O)CCC3)cn1. The van der Waals surface area contributed by atoms with Crippen LogP contribution in [0.5, 0.6) is 11.6 Å². The van der Waals surface area contributed by atoms with Crippen molar-refractivity contribution in [3.8, 4) is 11.6 Å². The molecule has 0 aromatic carbocycles. The van der Waals surface area contributed by atoms with Crippen molar-refractivity contribution in [2.45, 2.75) is 39.2 Å². The normalized spacial score (nSPS) is 13.5. The van der Waals surface area contributed by atoms with Crippen LogP contribution >= 0.6 is 0 Å². The Bertz CT molecular complexity index is 691. The van der Waals surface area contributed by atoms with Gasteiger partial charge in [0, 0.05) is 11.7 Å². The third-order valence-corrected chi connectivity index (χ3v) is 3.57. The zero-order chi connectivity index (χ0) is 15.0. The maximum atomic E-state index is 11.4. The highest BCUT2D eigenvalue weighted by molar-refractivity contribution is 5.90. The molecule has 1 aliphatic rings. The number of ether oxygens (including phenoxy) is 1. The maximum absolute atomic E-state index is 11.4. The molecule has 0 aliphatic heterocycles. The molecule has 0 saturated heterocycles. The zero-order valence-electron chi connectivity index (χ0n) is 12.0. The van der Waals surface area contributed by atoms with Crippen molar-refractivity contribution in [1.29, 1.82) is 0 Å². The summed E-state index contributed by atoms with van der Waals surface area (Å²) in [6, 6.07) is 1.90. The fourth-order valence-corrected chi connectivity index (χ4v) is 2.45. The maximum Gasteiger partial charge on any atom is 0.341 e. The van der Waals surface area contributed by atoms with Crippen molar-refractivity contribution >= 4 is 5.97 Å². The van der Waals surface area contributed by atoms with Gasteiger partial charge in [-0.3, -0.25) is 4.68 Å². The number of carboxylic acids is 1. The molecule has 110 valence electrons. The van der Waals surface area contributed by atoms with Crippen molar-refractivity contribution in [3.05, 3.63) is 35.3 Å². The van der Waals surface area contributed by atoms with E-state index in [4.69, 9.17) is 4.74 Å². The van der Waals surface area contributed by atoms with Gasteiger partial charge in [-0.1, -0.05) is 0 Å². The second-order valence-electron chi connectivity index (χ2n) is 5.46. The Morgan fingerprint density at radius 3 is 2.90 bits per heavy atom. The van der Waals surface area contributed by atoms with E-state index in [1.165, 1.54) is 0 Å². The third kappa shape index (κ3) is 2.61. The summed E-state index contributed by atoms with van der Waals surface area (Å²) in [5, 5.41) is 13.5. The first-order chi connectivity index (χ1) is 10.0. The molecule has 0 bridgehead atoms. The summed E-state index contributed by atoms with van der Waals surface area (Å²) < 4.78 is 7.40. The Labute approximate surface area is 122 Å². The molecule has 2 heterocycles. The Morgan fingerprint density at radius 1 is 1.43 bits per heavy atom. The summed E-state index contributed by atoms with van der Waals surface area (Å²) in [5.74, 6) is -0.383. The van der Waals surface area contributed by atoms with E-state index in [1.54, 1.807) is 23.1 Å². The van der Waals surface area contributed by atoms with Gasteiger partial charge in [-0.2, -0.15) is 5.10 Å². The minimum Gasteiger partial charge on any atom is -0.477 e. The van der Waals surface area contributed by atoms with Crippen LogP contribution in [-0.4, -0.2) is 25.8 Å². The van der Waals surface area contributed by atoms with Crippen LogP contribution in [0.1, 0.15) is 47.9 Å². The number of nitrogens with zero attached hydrogens (tertiary/aromatic N) is 3. The quantitative estimate of drug-likeness (QED) is 0.935. The zero-order valence-corrected chi connectivity index (χ0v) is 12.0. The van der Waals surface area contributed by atoms with Crippen LogP contribution in [0.15, 0.2) is 18.5 Å². The van der Waals surface area contributed by atoms with Crippen LogP contribution in [0.25, 0.3) is 0 Å². The van der Waals surface area contributed by atoms with Crippen LogP contribution in [0.4, 0.5) is 0 Å². The highest BCUT2D eigenvalue weighted by atomic mass is 16.5. The molecule has 0 atom stereocenters. The van der Waals surface area contributed by atoms with Crippen molar-refractivity contribution in [2.75, 3.05) is 0 Å². The van der Waals surface area contributed by atoms with Gasteiger partial charge in [0.2, 0.25) is 5.88 Å². The Hall–Kier alpha value is -2.37. The first-order valence-corrected chi connectivity index (χ1v) is 7.02. The van der Waals surface area contributed by atoms with Gasteiger partial charge in [0.1, 0.15) is 5.56 Å². The fraction of sp³-hybridized carbons (Fsp3) is 0.400. The number of carboxylic acid groups (broad SMARTS) is 1. The van der Waals surface area contributed by atoms with Crippen LogP contribution in [-0.2, 0) is 12.8 Å². The van der Waals surface area contributed by atoms with E-state index in [2.05, 4.69) is 10.1 Å². The van der Waals surface area contributed by atoms with Gasteiger partial charge in [-0.05, 0) is 44.7 Å². The van der Waals surface area contributed by atoms with Crippen molar-refractivity contribution < 1.29 is 14.6 Å². The molecule has 0 radical (unpaired) electrons. The van der Waals surface area contributed by atoms with Crippen molar-refractivity contribution in [3.63, 3.8) is 0 Å². The minimum atomic E-state index is -1.02. The summed E-state index contributed by atoms with van der Waals surface area (Å²) >= 11 is 0. The predicted octanol–water partition coefficient (Wildman–Crippen LogP) is 2.84. The molecule has 2 aromatic rings. The summed E-state index contributed by atoms with van der Waals surface area (Å²) in [7, 11) is 0. The Kier molecular flexibility index (Phi) is 3.37. The number of carbonyl (C=O) groups is 1. The lowest BCUT2D eigenvalue weighted by molar-refractivity contribution is 0.0693. The summed E-state index contributed by atoms with van der Waals surface area (Å²) in [5.41, 5.74) is 2.05. The Morgan fingerprint density at radius 2 is 2.24 bits per heavy atom. The number of aromatic nitrogens is 3. The molecule has 3 rings (SSSR count). The molecule has 1 aliphatic carbocycles. The lowest BCUT2D eigenvalue weighted by Gasteiger charge is -2.09. The molecular formula is C15H17N3O3. The molecular weight excluding hydrogens is 270 g/mol. The molecule has 6 heteroatoms. The molecule has 0 spiro atoms. The molecule has 0 unspecified atom stereocenters. The van der Waals surface area contributed by atoms with Gasteiger partial charge in [0.25, 0.3) is 0 Å². The topological polar surface area (TPSA) is 77.2 Å². The number of aromatic carboxylic acids is 1. The molecule has 2 aromatic heterocycles. The second-order valence-corrected chi connectivity index (χ2v) is 5.46. The summed E-state index contributed by atoms with van der Waals surface area (Å²) in [4.78, 5) is 15.8. The van der Waals surface area contributed by atoms with Crippen LogP contribution in [0.2, 0.25) is 0 Å². The first-order valence-electron chi connectivity index (χ1n) is 7.02. The predicted molar refractivity (Wildman–Crippen MR) is 75.9 cm³/mol. The van der Waals surface area contributed by atoms with Gasteiger partial charge < -0.3 is 9.84 Å². The number of hydrogen-bond acceptors (Lipinski definition) is 4. The Balaban J connectivity index is 1.95. The van der Waals surface area contributed by atoms with E-state index in [0.29, 0.717) is 5.75 Å². The van der Waals surface area contributed by atoms with E-state index < -0.39 is 5.97 Å². The smallest absolute Gasteiger partial charge is 0.341 e. The van der Waals surface area contributed by atoms with Crippen LogP contribution in [0, 0.1) is 0 Å². The summed E-state index contributed by atoms with van der Waals surface area (Å²) in [6.07, 6.45) is 6.08. The van der Waals surface area contributed by atoms with Gasteiger partial charge in [-0.15, -0.1) is 0 Å². The standard InChI is InChI=1S/C15H17N3O3/c1-9(2)18-8-11(7-16-18)21-14-12(15(19)20)6-10-4-3-5-13(10)17-14/h6-9H,3-5H2,1-2H3,(H,19,20). The molecule has 0 amide bonds. The summed E-state index contributed by atoms with van der Waals surface area (Å²) in [6.45, 7) is 4.01. The lowest BCUT2D eigenvalue weighted by atomic mass is 10.1. The van der Waals surface area contributed by atoms with E-state index in [-0.39, 0.29) is 17.5 Å². The highest BCUT2D eigenvalue weighted by Gasteiger charge is 2.21. The van der Waals surface area contributed by atoms with E-state index in [0.717, 1.165) is 30.5 Å². The van der Waals surface area contributed by atoms with Gasteiger partial charge in [0.05, 0.1) is 12.4 Å². The first kappa shape index (κ1) is 13.6. The number of aryl methyl sites for hydroxylation is 2. The van der Waals surface area contributed by atoms with Crippen LogP contribution < -0.4 is 4.74 Å². The van der Waals surface area contributed by atoms with Crippen LogP contribution in [0.3, 0.4) is 0 Å². The molecule has 6 nitrogen and oxygen atoms in total. The largest absolute Gasteiger partial charge is 0.477 e. The van der Waals surface area contributed by atoms with E-state index in [1.807, 2.05) is 13.8 Å². The number of rotatable bonds is 4. The van der Waals surface area contributed by atoms with E-state index >= 15 is 0 Å². The van der Waals surface area contributed by atoms with Gasteiger partial charge in [0.15, 0.2) is 5.75 Å². The average Bonchev–Trinajstić information content (AvgIpc) is 3.05. The molecule has 1 N–H and O–H groups in total. The lowest BCUT2D eigenvalue weighted by Crippen LogP contribution is -2.05. The van der Waals surface area contributed by atoms with Crippen molar-refractivity contribution in [1.82, 2.24) is 14.8 Å². The number of fused-ring (bicyclic) bond motifs is 1. The van der Waals surface area contributed by atoms with Crippen molar-refractivity contribution in [2.24, 2.45) is 0 Å². The highest BCUT2D eigenvalue weighted by Crippen LogP contribution is 2.29. The molecule has 0 fully saturated rings. The average molecular weight is 287 g/mol. The van der Waals surface area contributed by atoms with Gasteiger partial charge >= 0.3 is 5.97 Å². The number of hydrogen-bond donors (Lipinski definition) is 1.